The smallest absolute Gasteiger partial charge is 0.373 e. The predicted octanol–water partition coefficient (Wildman–Crippen LogP) is 4.54. The van der Waals surface area contributed by atoms with E-state index >= 15 is 0 Å². The molecule has 0 aliphatic heterocycles. The lowest BCUT2D eigenvalue weighted by Gasteiger charge is -2.19. The van der Waals surface area contributed by atoms with Crippen LogP contribution in [0.1, 0.15) is 32.8 Å². The Kier molecular flexibility index (Phi) is 8.43. The second-order valence-corrected chi connectivity index (χ2v) is 9.47. The van der Waals surface area contributed by atoms with E-state index in [1.165, 1.54) is 0 Å². The summed E-state index contributed by atoms with van der Waals surface area (Å²) in [5, 5.41) is 3.08. The Bertz CT molecular complexity index is 543. The molecule has 0 saturated carbocycles. The Morgan fingerprint density at radius 2 is 2.14 bits per heavy atom. The van der Waals surface area contributed by atoms with Gasteiger partial charge in [0.05, 0.1) is 6.61 Å². The summed E-state index contributed by atoms with van der Waals surface area (Å²) in [4.78, 5) is 0. The van der Waals surface area contributed by atoms with Crippen molar-refractivity contribution in [1.82, 2.24) is 0 Å². The predicted molar refractivity (Wildman–Crippen MR) is 98.2 cm³/mol. The lowest BCUT2D eigenvalue weighted by molar-refractivity contribution is 0.134. The molecule has 1 aromatic rings. The van der Waals surface area contributed by atoms with E-state index in [9.17, 15) is 4.57 Å². The second-order valence-electron chi connectivity index (χ2n) is 4.66. The Balaban J connectivity index is 2.67. The number of nitrogens with two attached hydrogens (primary N) is 1. The fourth-order valence-electron chi connectivity index (χ4n) is 1.58. The van der Waals surface area contributed by atoms with Gasteiger partial charge in [0.15, 0.2) is 0 Å². The van der Waals surface area contributed by atoms with Crippen molar-refractivity contribution in [2.45, 2.75) is 39.0 Å². The first-order valence-electron chi connectivity index (χ1n) is 7.11. The molecule has 3 N–H and O–H groups in total. The highest BCUT2D eigenvalue weighted by Gasteiger charge is 2.24. The van der Waals surface area contributed by atoms with Crippen LogP contribution in [0.15, 0.2) is 24.3 Å². The summed E-state index contributed by atoms with van der Waals surface area (Å²) in [6.07, 6.45) is 0.854. The molecule has 0 aromatic heterocycles. The van der Waals surface area contributed by atoms with Crippen LogP contribution in [0.25, 0.3) is 0 Å². The van der Waals surface area contributed by atoms with Gasteiger partial charge in [-0.3, -0.25) is 0 Å². The molecule has 2 unspecified atom stereocenters. The highest BCUT2D eigenvalue weighted by molar-refractivity contribution is 8.56. The number of hydrogen-bond donors (Lipinski definition) is 2. The molecule has 0 heterocycles. The molecule has 1 aromatic carbocycles. The number of para-hydroxylation sites is 1. The number of nitrogens with one attached hydrogen (secondary N) is 1. The van der Waals surface area contributed by atoms with E-state index in [0.717, 1.165) is 29.1 Å². The lowest BCUT2D eigenvalue weighted by atomic mass is 10.2. The zero-order valence-electron chi connectivity index (χ0n) is 13.1. The highest BCUT2D eigenvalue weighted by Crippen LogP contribution is 2.55. The molecule has 1 rings (SSSR count). The molecule has 0 spiro atoms. The molecule has 0 aliphatic carbocycles. The first kappa shape index (κ1) is 19.5. The zero-order chi connectivity index (χ0) is 16.6. The maximum Gasteiger partial charge on any atom is 0.373 e. The number of thiocarbonyl (C=S) groups is 1. The molecule has 0 fully saturated rings. The molecule has 5 nitrogen and oxygen atoms in total. The van der Waals surface area contributed by atoms with Gasteiger partial charge in [-0.25, -0.2) is 10.1 Å². The van der Waals surface area contributed by atoms with E-state index in [-0.39, 0.29) is 10.4 Å². The van der Waals surface area contributed by atoms with Crippen LogP contribution in [0.5, 0.6) is 0 Å². The number of hydrogen-bond acceptors (Lipinski definition) is 5. The average molecular weight is 362 g/mol. The largest absolute Gasteiger partial charge is 0.399 e. The number of rotatable bonds is 8. The minimum atomic E-state index is -3.31. The minimum absolute atomic E-state index is 0.00517. The van der Waals surface area contributed by atoms with Gasteiger partial charge in [0, 0.05) is 23.1 Å². The third kappa shape index (κ3) is 7.11. The van der Waals surface area contributed by atoms with Crippen molar-refractivity contribution in [3.05, 3.63) is 29.8 Å². The zero-order valence-corrected chi connectivity index (χ0v) is 15.6. The van der Waals surface area contributed by atoms with Gasteiger partial charge in [-0.15, -0.1) is 0 Å². The summed E-state index contributed by atoms with van der Waals surface area (Å²) in [5.74, 6) is 0. The van der Waals surface area contributed by atoms with Gasteiger partial charge in [0.1, 0.15) is 0 Å². The molecule has 8 heteroatoms. The first-order valence-corrected chi connectivity index (χ1v) is 10.7. The van der Waals surface area contributed by atoms with Gasteiger partial charge in [-0.05, 0) is 43.0 Å². The third-order valence-electron chi connectivity index (χ3n) is 2.83. The summed E-state index contributed by atoms with van der Waals surface area (Å²) in [6.45, 7) is 3.65. The number of benzene rings is 1. The van der Waals surface area contributed by atoms with E-state index < -0.39 is 6.72 Å². The SMILES string of the molecule is CCOCc1ccccc1NC(=S)OP(N)(=O)SC(C)CC. The van der Waals surface area contributed by atoms with Crippen molar-refractivity contribution in [2.75, 3.05) is 11.9 Å². The molecular formula is C14H23N2O3PS2. The summed E-state index contributed by atoms with van der Waals surface area (Å²) < 4.78 is 22.9. The highest BCUT2D eigenvalue weighted by atomic mass is 32.7. The minimum Gasteiger partial charge on any atom is -0.399 e. The Morgan fingerprint density at radius 1 is 1.45 bits per heavy atom. The van der Waals surface area contributed by atoms with Gasteiger partial charge in [-0.1, -0.05) is 32.0 Å². The standard InChI is InChI=1S/C14H23N2O3PS2/c1-4-11(3)22-20(15,17)19-14(21)16-13-9-7-6-8-12(13)10-18-5-2/h6-9,11H,4-5,10H2,1-3H3,(H2,15,17)(H,16,21). The van der Waals surface area contributed by atoms with Crippen LogP contribution in [-0.2, 0) is 20.4 Å². The van der Waals surface area contributed by atoms with Crippen molar-refractivity contribution >= 4 is 41.2 Å². The van der Waals surface area contributed by atoms with Crippen LogP contribution in [0.2, 0.25) is 0 Å². The van der Waals surface area contributed by atoms with Gasteiger partial charge < -0.3 is 14.6 Å². The van der Waals surface area contributed by atoms with Gasteiger partial charge >= 0.3 is 6.72 Å². The van der Waals surface area contributed by atoms with Crippen LogP contribution in [0, 0.1) is 0 Å². The normalized spacial score (nSPS) is 14.9. The molecule has 0 amide bonds. The number of anilines is 1. The van der Waals surface area contributed by atoms with E-state index in [1.54, 1.807) is 0 Å². The molecule has 22 heavy (non-hydrogen) atoms. The van der Waals surface area contributed by atoms with Crippen molar-refractivity contribution in [3.8, 4) is 0 Å². The Labute approximate surface area is 141 Å². The molecule has 0 bridgehead atoms. The summed E-state index contributed by atoms with van der Waals surface area (Å²) in [5.41, 5.74) is 7.41. The quantitative estimate of drug-likeness (QED) is 0.520. The Hall–Kier alpha value is -0.590. The summed E-state index contributed by atoms with van der Waals surface area (Å²) in [7, 11) is 0. The molecule has 0 saturated heterocycles. The van der Waals surface area contributed by atoms with Crippen LogP contribution in [0.4, 0.5) is 5.69 Å². The molecule has 2 atom stereocenters. The summed E-state index contributed by atoms with van der Waals surface area (Å²) in [6, 6.07) is 7.57. The van der Waals surface area contributed by atoms with E-state index in [0.29, 0.717) is 13.2 Å². The lowest BCUT2D eigenvalue weighted by Crippen LogP contribution is -2.15. The van der Waals surface area contributed by atoms with Crippen LogP contribution >= 0.6 is 30.3 Å². The van der Waals surface area contributed by atoms with Crippen molar-refractivity contribution < 1.29 is 13.8 Å². The fourth-order valence-corrected chi connectivity index (χ4v) is 5.43. The monoisotopic (exact) mass is 362 g/mol. The van der Waals surface area contributed by atoms with Crippen LogP contribution in [-0.4, -0.2) is 17.0 Å². The summed E-state index contributed by atoms with van der Waals surface area (Å²) >= 11 is 6.22. The maximum atomic E-state index is 12.2. The van der Waals surface area contributed by atoms with Crippen molar-refractivity contribution in [1.29, 1.82) is 0 Å². The third-order valence-corrected chi connectivity index (χ3v) is 6.75. The van der Waals surface area contributed by atoms with Crippen LogP contribution < -0.4 is 10.8 Å². The van der Waals surface area contributed by atoms with Gasteiger partial charge in [0.25, 0.3) is 5.17 Å². The maximum absolute atomic E-state index is 12.2. The molecule has 0 radical (unpaired) electrons. The second kappa shape index (κ2) is 9.53. The van der Waals surface area contributed by atoms with Crippen LogP contribution in [0.3, 0.4) is 0 Å². The van der Waals surface area contributed by atoms with E-state index in [2.05, 4.69) is 5.32 Å². The Morgan fingerprint density at radius 3 is 2.77 bits per heavy atom. The first-order chi connectivity index (χ1) is 10.4. The van der Waals surface area contributed by atoms with Gasteiger partial charge in [-0.2, -0.15) is 0 Å². The molecule has 124 valence electrons. The molecular weight excluding hydrogens is 339 g/mol. The molecule has 0 aliphatic rings. The van der Waals surface area contributed by atoms with E-state index in [4.69, 9.17) is 27.0 Å². The van der Waals surface area contributed by atoms with Crippen molar-refractivity contribution in [2.24, 2.45) is 5.50 Å². The average Bonchev–Trinajstić information content (AvgIpc) is 2.45. The van der Waals surface area contributed by atoms with E-state index in [1.807, 2.05) is 45.0 Å². The van der Waals surface area contributed by atoms with Crippen molar-refractivity contribution in [3.63, 3.8) is 0 Å². The number of ether oxygens (including phenoxy) is 1. The van der Waals surface area contributed by atoms with Gasteiger partial charge in [0.2, 0.25) is 0 Å². The fraction of sp³-hybridized carbons (Fsp3) is 0.500. The topological polar surface area (TPSA) is 73.6 Å².